The second kappa shape index (κ2) is 6.95. The molecule has 0 saturated carbocycles. The summed E-state index contributed by atoms with van der Waals surface area (Å²) in [5.41, 5.74) is 7.44. The van der Waals surface area contributed by atoms with Gasteiger partial charge in [-0.15, -0.1) is 0 Å². The van der Waals surface area contributed by atoms with Gasteiger partial charge >= 0.3 is 0 Å². The van der Waals surface area contributed by atoms with Crippen molar-refractivity contribution in [1.82, 2.24) is 0 Å². The monoisotopic (exact) mass is 339 g/mol. The molecule has 0 heterocycles. The van der Waals surface area contributed by atoms with E-state index in [9.17, 15) is 8.78 Å². The van der Waals surface area contributed by atoms with Crippen molar-refractivity contribution in [3.63, 3.8) is 0 Å². The van der Waals surface area contributed by atoms with Crippen molar-refractivity contribution in [2.45, 2.75) is 12.8 Å². The lowest BCUT2D eigenvalue weighted by atomic mass is 9.92. The van der Waals surface area contributed by atoms with Gasteiger partial charge in [-0.1, -0.05) is 34.1 Å². The summed E-state index contributed by atoms with van der Waals surface area (Å²) < 4.78 is 27.4. The van der Waals surface area contributed by atoms with Crippen LogP contribution in [-0.2, 0) is 12.8 Å². The van der Waals surface area contributed by atoms with E-state index in [1.165, 1.54) is 18.2 Å². The maximum absolute atomic E-state index is 13.8. The van der Waals surface area contributed by atoms with Crippen molar-refractivity contribution in [2.75, 3.05) is 6.54 Å². The third kappa shape index (κ3) is 4.12. The number of hydrogen-bond donors (Lipinski definition) is 1. The first kappa shape index (κ1) is 15.1. The summed E-state index contributed by atoms with van der Waals surface area (Å²) >= 11 is 3.24. The molecule has 106 valence electrons. The van der Waals surface area contributed by atoms with E-state index in [2.05, 4.69) is 15.9 Å². The number of nitrogens with two attached hydrogens (primary N) is 1. The van der Waals surface area contributed by atoms with Gasteiger partial charge in [0.25, 0.3) is 0 Å². The van der Waals surface area contributed by atoms with Crippen molar-refractivity contribution in [2.24, 2.45) is 11.7 Å². The fourth-order valence-electron chi connectivity index (χ4n) is 2.19. The Morgan fingerprint density at radius 3 is 2.30 bits per heavy atom. The first-order valence-electron chi connectivity index (χ1n) is 6.47. The Morgan fingerprint density at radius 1 is 1.00 bits per heavy atom. The molecule has 4 heteroatoms. The zero-order valence-electron chi connectivity index (χ0n) is 11.0. The third-order valence-corrected chi connectivity index (χ3v) is 3.79. The van der Waals surface area contributed by atoms with Crippen molar-refractivity contribution >= 4 is 15.9 Å². The highest BCUT2D eigenvalue weighted by Gasteiger charge is 2.12. The molecule has 0 bridgehead atoms. The highest BCUT2D eigenvalue weighted by Crippen LogP contribution is 2.20. The van der Waals surface area contributed by atoms with Gasteiger partial charge in [-0.3, -0.25) is 0 Å². The third-order valence-electron chi connectivity index (χ3n) is 3.29. The normalized spacial score (nSPS) is 12.4. The average molecular weight is 340 g/mol. The number of benzene rings is 2. The van der Waals surface area contributed by atoms with Crippen molar-refractivity contribution in [3.05, 3.63) is 69.7 Å². The summed E-state index contributed by atoms with van der Waals surface area (Å²) in [5.74, 6) is -0.343. The number of rotatable bonds is 5. The van der Waals surface area contributed by atoms with Gasteiger partial charge in [0.15, 0.2) is 0 Å². The Bertz CT molecular complexity index is 569. The van der Waals surface area contributed by atoms with E-state index in [0.717, 1.165) is 10.0 Å². The van der Waals surface area contributed by atoms with E-state index in [4.69, 9.17) is 5.73 Å². The Morgan fingerprint density at radius 2 is 1.70 bits per heavy atom. The molecule has 2 aromatic rings. The van der Waals surface area contributed by atoms with Crippen LogP contribution in [-0.4, -0.2) is 6.54 Å². The number of hydrogen-bond acceptors (Lipinski definition) is 1. The molecule has 0 aliphatic rings. The molecule has 0 fully saturated rings. The van der Waals surface area contributed by atoms with Crippen LogP contribution in [0.25, 0.3) is 0 Å². The van der Waals surface area contributed by atoms with Gasteiger partial charge in [-0.2, -0.15) is 0 Å². The Labute approximate surface area is 125 Å². The predicted octanol–water partition coefficient (Wildman–Crippen LogP) is 4.09. The van der Waals surface area contributed by atoms with Crippen LogP contribution in [0.3, 0.4) is 0 Å². The summed E-state index contributed by atoms with van der Waals surface area (Å²) in [6, 6.07) is 11.4. The maximum Gasteiger partial charge on any atom is 0.127 e. The molecule has 0 aromatic heterocycles. The van der Waals surface area contributed by atoms with Gasteiger partial charge in [0.05, 0.1) is 0 Å². The SMILES string of the molecule is NCC(Cc1ccc(F)cc1)Cc1ccc(Br)cc1F. The first-order chi connectivity index (χ1) is 9.58. The number of halogens is 3. The second-order valence-electron chi connectivity index (χ2n) is 4.87. The average Bonchev–Trinajstić information content (AvgIpc) is 2.43. The van der Waals surface area contributed by atoms with Gasteiger partial charge in [-0.05, 0) is 60.7 Å². The van der Waals surface area contributed by atoms with Crippen LogP contribution in [0.4, 0.5) is 8.78 Å². The molecule has 1 unspecified atom stereocenters. The van der Waals surface area contributed by atoms with E-state index >= 15 is 0 Å². The minimum absolute atomic E-state index is 0.135. The summed E-state index contributed by atoms with van der Waals surface area (Å²) in [5, 5.41) is 0. The van der Waals surface area contributed by atoms with Crippen molar-refractivity contribution in [3.8, 4) is 0 Å². The van der Waals surface area contributed by atoms with Crippen LogP contribution >= 0.6 is 15.9 Å². The molecule has 0 radical (unpaired) electrons. The summed E-state index contributed by atoms with van der Waals surface area (Å²) in [7, 11) is 0. The largest absolute Gasteiger partial charge is 0.330 e. The molecule has 2 aromatic carbocycles. The van der Waals surface area contributed by atoms with Gasteiger partial charge < -0.3 is 5.73 Å². The Kier molecular flexibility index (Phi) is 5.26. The van der Waals surface area contributed by atoms with Gasteiger partial charge in [-0.25, -0.2) is 8.78 Å². The highest BCUT2D eigenvalue weighted by atomic mass is 79.9. The molecule has 1 nitrogen and oxygen atoms in total. The molecule has 0 spiro atoms. The van der Waals surface area contributed by atoms with Crippen LogP contribution in [0.2, 0.25) is 0 Å². The summed E-state index contributed by atoms with van der Waals surface area (Å²) in [4.78, 5) is 0. The second-order valence-corrected chi connectivity index (χ2v) is 5.79. The molecular weight excluding hydrogens is 324 g/mol. The van der Waals surface area contributed by atoms with Gasteiger partial charge in [0, 0.05) is 4.47 Å². The quantitative estimate of drug-likeness (QED) is 0.872. The van der Waals surface area contributed by atoms with Crippen LogP contribution in [0.5, 0.6) is 0 Å². The fraction of sp³-hybridized carbons (Fsp3) is 0.250. The standard InChI is InChI=1S/C16H16BrF2N/c17-14-4-3-13(16(19)9-14)8-12(10-20)7-11-1-5-15(18)6-2-11/h1-6,9,12H,7-8,10,20H2. The Balaban J connectivity index is 2.07. The molecule has 0 aliphatic heterocycles. The van der Waals surface area contributed by atoms with E-state index in [1.807, 2.05) is 6.07 Å². The first-order valence-corrected chi connectivity index (χ1v) is 7.26. The lowest BCUT2D eigenvalue weighted by Gasteiger charge is -2.15. The lowest BCUT2D eigenvalue weighted by molar-refractivity contribution is 0.511. The summed E-state index contributed by atoms with van der Waals surface area (Å²) in [6.45, 7) is 0.465. The molecule has 0 aliphatic carbocycles. The topological polar surface area (TPSA) is 26.0 Å². The molecule has 2 rings (SSSR count). The van der Waals surface area contributed by atoms with Crippen LogP contribution < -0.4 is 5.73 Å². The maximum atomic E-state index is 13.8. The minimum Gasteiger partial charge on any atom is -0.330 e. The highest BCUT2D eigenvalue weighted by molar-refractivity contribution is 9.10. The van der Waals surface area contributed by atoms with E-state index in [-0.39, 0.29) is 17.6 Å². The van der Waals surface area contributed by atoms with Crippen LogP contribution in [0, 0.1) is 17.6 Å². The molecule has 0 saturated heterocycles. The molecule has 1 atom stereocenters. The smallest absolute Gasteiger partial charge is 0.127 e. The predicted molar refractivity (Wildman–Crippen MR) is 80.5 cm³/mol. The van der Waals surface area contributed by atoms with Crippen molar-refractivity contribution in [1.29, 1.82) is 0 Å². The van der Waals surface area contributed by atoms with Gasteiger partial charge in [0.2, 0.25) is 0 Å². The minimum atomic E-state index is -0.253. The molecule has 0 amide bonds. The van der Waals surface area contributed by atoms with Gasteiger partial charge in [0.1, 0.15) is 11.6 Å². The zero-order chi connectivity index (χ0) is 14.5. The van der Waals surface area contributed by atoms with E-state index < -0.39 is 0 Å². The fourth-order valence-corrected chi connectivity index (χ4v) is 2.52. The molecule has 20 heavy (non-hydrogen) atoms. The molecular formula is C16H16BrF2N. The Hall–Kier alpha value is -1.26. The summed E-state index contributed by atoms with van der Waals surface area (Å²) in [6.07, 6.45) is 1.29. The zero-order valence-corrected chi connectivity index (χ0v) is 12.5. The van der Waals surface area contributed by atoms with E-state index in [1.54, 1.807) is 18.2 Å². The van der Waals surface area contributed by atoms with E-state index in [0.29, 0.717) is 24.9 Å². The van der Waals surface area contributed by atoms with Crippen LogP contribution in [0.15, 0.2) is 46.9 Å². The lowest BCUT2D eigenvalue weighted by Crippen LogP contribution is -2.20. The van der Waals surface area contributed by atoms with Crippen LogP contribution in [0.1, 0.15) is 11.1 Å². The molecule has 2 N–H and O–H groups in total. The van der Waals surface area contributed by atoms with Crippen molar-refractivity contribution < 1.29 is 8.78 Å².